The molecule has 2 aliphatic rings. The van der Waals surface area contributed by atoms with Gasteiger partial charge in [0.25, 0.3) is 18.3 Å². The van der Waals surface area contributed by atoms with Crippen molar-refractivity contribution in [1.82, 2.24) is 29.1 Å². The number of methoxy groups -OCH3 is 2. The number of amides is 3. The lowest BCUT2D eigenvalue weighted by Crippen LogP contribution is -2.52. The molecule has 18 heteroatoms. The highest BCUT2D eigenvalue weighted by Gasteiger charge is 2.38. The molecule has 0 saturated carbocycles. The fourth-order valence-electron chi connectivity index (χ4n) is 6.70. The van der Waals surface area contributed by atoms with E-state index in [-0.39, 0.29) is 61.7 Å². The van der Waals surface area contributed by atoms with Crippen LogP contribution < -0.4 is 5.32 Å². The van der Waals surface area contributed by atoms with Gasteiger partial charge < -0.3 is 33.6 Å². The number of carbonyl (C=O) groups is 4. The summed E-state index contributed by atoms with van der Waals surface area (Å²) in [7, 11) is 8.62. The maximum Gasteiger partial charge on any atom is 0.292 e. The normalized spacial score (nSPS) is 16.3. The number of carbonyl (C=O) groups excluding carboxylic acids is 4. The van der Waals surface area contributed by atoms with Gasteiger partial charge >= 0.3 is 0 Å². The Hall–Kier alpha value is -4.90. The van der Waals surface area contributed by atoms with E-state index in [4.69, 9.17) is 32.7 Å². The van der Waals surface area contributed by atoms with Gasteiger partial charge in [-0.05, 0) is 24.3 Å². The first-order chi connectivity index (χ1) is 26.2. The van der Waals surface area contributed by atoms with Gasteiger partial charge in [0, 0.05) is 75.3 Å². The molecule has 14 nitrogen and oxygen atoms in total. The summed E-state index contributed by atoms with van der Waals surface area (Å²) >= 11 is 12.7. The zero-order chi connectivity index (χ0) is 40.0. The molecule has 6 rings (SSSR count). The van der Waals surface area contributed by atoms with Crippen molar-refractivity contribution in [3.05, 3.63) is 75.9 Å². The molecule has 4 heterocycles. The van der Waals surface area contributed by atoms with Crippen molar-refractivity contribution in [2.75, 3.05) is 79.5 Å². The van der Waals surface area contributed by atoms with E-state index < -0.39 is 17.5 Å². The molecule has 0 bridgehead atoms. The smallest absolute Gasteiger partial charge is 0.292 e. The second kappa shape index (κ2) is 17.7. The van der Waals surface area contributed by atoms with Crippen LogP contribution in [0.4, 0.5) is 14.5 Å². The summed E-state index contributed by atoms with van der Waals surface area (Å²) < 4.78 is 43.4. The Bertz CT molecular complexity index is 2060. The van der Waals surface area contributed by atoms with Gasteiger partial charge in [0.2, 0.25) is 5.91 Å². The lowest BCUT2D eigenvalue weighted by Gasteiger charge is -2.36. The molecule has 1 atom stereocenters. The summed E-state index contributed by atoms with van der Waals surface area (Å²) in [4.78, 5) is 56.3. The number of hydrogen-bond donors (Lipinski definition) is 1. The van der Waals surface area contributed by atoms with Crippen molar-refractivity contribution in [3.63, 3.8) is 0 Å². The zero-order valence-corrected chi connectivity index (χ0v) is 32.7. The topological polar surface area (TPSA) is 141 Å². The molecule has 0 aliphatic carbocycles. The number of rotatable bonds is 10. The molecule has 1 N–H and O–H groups in total. The average molecular weight is 805 g/mol. The minimum Gasteiger partial charge on any atom is -0.471 e. The Morgan fingerprint density at radius 2 is 1.65 bits per heavy atom. The second-order valence-corrected chi connectivity index (χ2v) is 14.6. The van der Waals surface area contributed by atoms with E-state index in [2.05, 4.69) is 34.2 Å². The number of ether oxygens (including phenoxy) is 2. The van der Waals surface area contributed by atoms with Gasteiger partial charge in [-0.15, -0.1) is 0 Å². The van der Waals surface area contributed by atoms with Crippen LogP contribution >= 0.6 is 23.2 Å². The highest BCUT2D eigenvalue weighted by molar-refractivity contribution is 6.34. The standard InChI is InChI=1S/C35H38Cl2F2N8O4.C2H4O2/c1-43-28(25-8-7-23(29(38)30(25)39)26-19-46(14-16-51-4)42-31(26)37)18-40-32(43)33(48)41-22-5-6-24(27(36)17-22)35(50)45-12-10-44(11-13-45)34(49)21-9-15-47(2,3)20-21;1-4-2-3/h5-8,17-19,21H,9-16,20H2,1-4H3;2H,1H3/p+1. The number of anilines is 1. The van der Waals surface area contributed by atoms with Crippen molar-refractivity contribution < 1.29 is 41.9 Å². The lowest BCUT2D eigenvalue weighted by atomic mass is 10.0. The Morgan fingerprint density at radius 3 is 2.27 bits per heavy atom. The predicted octanol–water partition coefficient (Wildman–Crippen LogP) is 4.60. The molecule has 2 fully saturated rings. The minimum absolute atomic E-state index is 0.0154. The van der Waals surface area contributed by atoms with E-state index in [9.17, 15) is 14.4 Å². The predicted molar refractivity (Wildman–Crippen MR) is 202 cm³/mol. The van der Waals surface area contributed by atoms with Crippen LogP contribution in [-0.4, -0.2) is 132 Å². The summed E-state index contributed by atoms with van der Waals surface area (Å²) in [6, 6.07) is 7.33. The number of hydrogen-bond acceptors (Lipinski definition) is 8. The summed E-state index contributed by atoms with van der Waals surface area (Å²) in [6.07, 6.45) is 3.66. The van der Waals surface area contributed by atoms with Crippen molar-refractivity contribution in [2.24, 2.45) is 13.0 Å². The molecule has 2 saturated heterocycles. The van der Waals surface area contributed by atoms with E-state index in [1.54, 1.807) is 11.0 Å². The van der Waals surface area contributed by atoms with E-state index in [0.29, 0.717) is 51.5 Å². The van der Waals surface area contributed by atoms with E-state index in [0.717, 1.165) is 24.0 Å². The van der Waals surface area contributed by atoms with Crippen LogP contribution in [-0.2, 0) is 32.7 Å². The summed E-state index contributed by atoms with van der Waals surface area (Å²) in [5.41, 5.74) is 0.800. The fourth-order valence-corrected chi connectivity index (χ4v) is 7.21. The van der Waals surface area contributed by atoms with Gasteiger partial charge in [0.05, 0.1) is 75.8 Å². The van der Waals surface area contributed by atoms with E-state index in [1.165, 1.54) is 67.2 Å². The molecular weight excluding hydrogens is 761 g/mol. The van der Waals surface area contributed by atoms with E-state index in [1.807, 2.05) is 4.90 Å². The van der Waals surface area contributed by atoms with Crippen LogP contribution in [0.1, 0.15) is 27.4 Å². The van der Waals surface area contributed by atoms with Crippen LogP contribution in [0.2, 0.25) is 10.2 Å². The number of piperazine rings is 1. The SMILES string of the molecule is COC=O.COCCn1cc(-c2ccc(-c3cnc(C(=O)Nc4ccc(C(=O)N5CCN(C(=O)C6CC[N+](C)(C)C6)CC5)c(Cl)c4)n3C)c(F)c2F)c(Cl)n1. The summed E-state index contributed by atoms with van der Waals surface area (Å²) in [5.74, 6) is -3.05. The molecule has 0 spiro atoms. The van der Waals surface area contributed by atoms with Crippen molar-refractivity contribution in [1.29, 1.82) is 0 Å². The molecule has 2 aliphatic heterocycles. The molecule has 4 aromatic rings. The average Bonchev–Trinajstić information content (AvgIpc) is 3.86. The van der Waals surface area contributed by atoms with Crippen LogP contribution in [0.3, 0.4) is 0 Å². The largest absolute Gasteiger partial charge is 0.471 e. The van der Waals surface area contributed by atoms with Gasteiger partial charge in [-0.1, -0.05) is 29.3 Å². The number of quaternary nitrogens is 1. The van der Waals surface area contributed by atoms with Gasteiger partial charge in [-0.25, -0.2) is 13.8 Å². The Labute approximate surface area is 327 Å². The number of halogens is 4. The quantitative estimate of drug-likeness (QED) is 0.181. The lowest BCUT2D eigenvalue weighted by molar-refractivity contribution is -0.878. The molecule has 0 radical (unpaired) electrons. The number of imidazole rings is 1. The van der Waals surface area contributed by atoms with Crippen LogP contribution in [0.25, 0.3) is 22.4 Å². The number of nitrogens with zero attached hydrogens (tertiary/aromatic N) is 7. The summed E-state index contributed by atoms with van der Waals surface area (Å²) in [6.45, 7) is 4.63. The third kappa shape index (κ3) is 9.32. The molecule has 1 unspecified atom stereocenters. The maximum absolute atomic E-state index is 15.5. The number of nitrogens with one attached hydrogen (secondary N) is 1. The minimum atomic E-state index is -1.14. The zero-order valence-electron chi connectivity index (χ0n) is 31.2. The summed E-state index contributed by atoms with van der Waals surface area (Å²) in [5, 5.41) is 6.99. The Kier molecular flexibility index (Phi) is 13.3. The molecule has 3 amide bonds. The van der Waals surface area contributed by atoms with Crippen LogP contribution in [0, 0.1) is 17.6 Å². The Balaban J connectivity index is 0.00000138. The van der Waals surface area contributed by atoms with Crippen molar-refractivity contribution >= 4 is 53.1 Å². The van der Waals surface area contributed by atoms with Gasteiger partial charge in [-0.3, -0.25) is 23.9 Å². The third-order valence-corrected chi connectivity index (χ3v) is 10.3. The first-order valence-corrected chi connectivity index (χ1v) is 18.1. The molecular formula is C37H43Cl2F2N8O6+. The van der Waals surface area contributed by atoms with Crippen LogP contribution in [0.15, 0.2) is 42.7 Å². The first kappa shape index (κ1) is 41.3. The maximum atomic E-state index is 15.5. The molecule has 294 valence electrons. The monoisotopic (exact) mass is 803 g/mol. The Morgan fingerprint density at radius 1 is 1.00 bits per heavy atom. The molecule has 2 aromatic carbocycles. The van der Waals surface area contributed by atoms with Gasteiger partial charge in [0.15, 0.2) is 22.6 Å². The molecule has 55 heavy (non-hydrogen) atoms. The molecule has 2 aromatic heterocycles. The fraction of sp³-hybridized carbons (Fsp3) is 0.405. The number of aromatic nitrogens is 4. The van der Waals surface area contributed by atoms with Gasteiger partial charge in [-0.2, -0.15) is 5.10 Å². The van der Waals surface area contributed by atoms with E-state index >= 15 is 8.78 Å². The van der Waals surface area contributed by atoms with Crippen LogP contribution in [0.5, 0.6) is 0 Å². The highest BCUT2D eigenvalue weighted by atomic mass is 35.5. The third-order valence-electron chi connectivity index (χ3n) is 9.66. The number of likely N-dealkylation sites (tertiary alicyclic amines) is 1. The number of benzene rings is 2. The second-order valence-electron chi connectivity index (χ2n) is 13.8. The van der Waals surface area contributed by atoms with Crippen molar-refractivity contribution in [2.45, 2.75) is 13.0 Å². The highest BCUT2D eigenvalue weighted by Crippen LogP contribution is 2.35. The van der Waals surface area contributed by atoms with Gasteiger partial charge in [0.1, 0.15) is 0 Å². The first-order valence-electron chi connectivity index (χ1n) is 17.4. The van der Waals surface area contributed by atoms with Crippen molar-refractivity contribution in [3.8, 4) is 22.4 Å².